The molecule has 0 aromatic heterocycles. The van der Waals surface area contributed by atoms with Crippen LogP contribution >= 0.6 is 0 Å². The summed E-state index contributed by atoms with van der Waals surface area (Å²) in [5.74, 6) is -1.22. The van der Waals surface area contributed by atoms with Gasteiger partial charge in [-0.15, -0.1) is 0 Å². The zero-order chi connectivity index (χ0) is 23.8. The molecule has 0 aliphatic heterocycles. The van der Waals surface area contributed by atoms with Crippen molar-refractivity contribution in [1.82, 2.24) is 0 Å². The molecule has 1 unspecified atom stereocenters. The number of methoxy groups -OCH3 is 1. The van der Waals surface area contributed by atoms with Crippen molar-refractivity contribution in [2.75, 3.05) is 7.11 Å². The molecule has 31 heavy (non-hydrogen) atoms. The Hall–Kier alpha value is -0.900. The molecule has 0 spiro atoms. The number of rotatable bonds is 20. The first-order chi connectivity index (χ1) is 14.6. The van der Waals surface area contributed by atoms with Gasteiger partial charge in [-0.25, -0.2) is 4.79 Å². The van der Waals surface area contributed by atoms with Crippen LogP contribution in [0.25, 0.3) is 0 Å². The first-order valence-electron chi connectivity index (χ1n) is 13.0. The van der Waals surface area contributed by atoms with E-state index in [2.05, 4.69) is 6.92 Å². The van der Waals surface area contributed by atoms with Gasteiger partial charge >= 0.3 is 5.97 Å². The van der Waals surface area contributed by atoms with Crippen molar-refractivity contribution in [2.24, 2.45) is 11.3 Å². The molecule has 4 nitrogen and oxygen atoms in total. The average molecular weight is 441 g/mol. The van der Waals surface area contributed by atoms with Crippen molar-refractivity contribution >= 4 is 11.8 Å². The lowest BCUT2D eigenvalue weighted by Gasteiger charge is -2.33. The second-order valence-corrected chi connectivity index (χ2v) is 10.5. The molecule has 0 saturated heterocycles. The molecule has 0 aromatic carbocycles. The number of hydrogen-bond acceptors (Lipinski definition) is 4. The molecule has 0 aromatic rings. The number of ether oxygens (including phenoxy) is 1. The minimum absolute atomic E-state index is 0.0184. The number of aliphatic hydroxyl groups is 1. The summed E-state index contributed by atoms with van der Waals surface area (Å²) >= 11 is 0. The highest BCUT2D eigenvalue weighted by Crippen LogP contribution is 2.34. The Balaban J connectivity index is 4.04. The van der Waals surface area contributed by atoms with Crippen LogP contribution in [-0.2, 0) is 14.3 Å². The minimum atomic E-state index is -2.04. The standard InChI is InChI=1S/C27H52O4/c1-7-8-9-10-11-12-13-14-15-16-17-18-19-20-21-26(4,5)24(28)27(30,22-23(2)3)25(29)31-6/h23,30H,7-22H2,1-6H3. The highest BCUT2D eigenvalue weighted by Gasteiger charge is 2.50. The van der Waals surface area contributed by atoms with E-state index >= 15 is 0 Å². The average Bonchev–Trinajstić information content (AvgIpc) is 2.72. The maximum Gasteiger partial charge on any atom is 0.345 e. The van der Waals surface area contributed by atoms with Crippen LogP contribution < -0.4 is 0 Å². The largest absolute Gasteiger partial charge is 0.467 e. The van der Waals surface area contributed by atoms with Crippen LogP contribution in [0, 0.1) is 11.3 Å². The zero-order valence-electron chi connectivity index (χ0n) is 21.6. The second-order valence-electron chi connectivity index (χ2n) is 10.5. The molecule has 0 rings (SSSR count). The Kier molecular flexibility index (Phi) is 16.2. The first-order valence-corrected chi connectivity index (χ1v) is 13.0. The molecule has 0 saturated carbocycles. The molecule has 1 N–H and O–H groups in total. The SMILES string of the molecule is CCCCCCCCCCCCCCCCC(C)(C)C(=O)C(O)(CC(C)C)C(=O)OC. The van der Waals surface area contributed by atoms with Gasteiger partial charge in [0.1, 0.15) is 0 Å². The summed E-state index contributed by atoms with van der Waals surface area (Å²) in [7, 11) is 1.22. The molecule has 1 atom stereocenters. The van der Waals surface area contributed by atoms with E-state index in [1.807, 2.05) is 27.7 Å². The third-order valence-corrected chi connectivity index (χ3v) is 6.37. The molecule has 184 valence electrons. The Morgan fingerprint density at radius 2 is 1.16 bits per heavy atom. The summed E-state index contributed by atoms with van der Waals surface area (Å²) in [5, 5.41) is 10.8. The van der Waals surface area contributed by atoms with Crippen LogP contribution in [0.15, 0.2) is 0 Å². The quantitative estimate of drug-likeness (QED) is 0.122. The van der Waals surface area contributed by atoms with E-state index in [-0.39, 0.29) is 12.3 Å². The van der Waals surface area contributed by atoms with Crippen LogP contribution in [0.5, 0.6) is 0 Å². The minimum Gasteiger partial charge on any atom is -0.467 e. The van der Waals surface area contributed by atoms with Gasteiger partial charge in [0.25, 0.3) is 0 Å². The highest BCUT2D eigenvalue weighted by atomic mass is 16.5. The third kappa shape index (κ3) is 12.7. The number of Topliss-reactive ketones (excluding diaryl/α,β-unsaturated/α-hetero) is 1. The molecule has 0 fully saturated rings. The van der Waals surface area contributed by atoms with Gasteiger partial charge in [-0.2, -0.15) is 0 Å². The number of unbranched alkanes of at least 4 members (excludes halogenated alkanes) is 13. The molecule has 0 heterocycles. The summed E-state index contributed by atoms with van der Waals surface area (Å²) in [6, 6.07) is 0. The van der Waals surface area contributed by atoms with Crippen molar-refractivity contribution in [3.63, 3.8) is 0 Å². The fourth-order valence-corrected chi connectivity index (χ4v) is 4.46. The fourth-order valence-electron chi connectivity index (χ4n) is 4.46. The first kappa shape index (κ1) is 30.1. The third-order valence-electron chi connectivity index (χ3n) is 6.37. The Labute approximate surface area is 192 Å². The predicted octanol–water partition coefficient (Wildman–Crippen LogP) is 7.40. The topological polar surface area (TPSA) is 63.6 Å². The molecule has 4 heteroatoms. The van der Waals surface area contributed by atoms with Crippen molar-refractivity contribution in [3.05, 3.63) is 0 Å². The molecule has 0 amide bonds. The summed E-state index contributed by atoms with van der Waals surface area (Å²) < 4.78 is 4.75. The Morgan fingerprint density at radius 1 is 0.774 bits per heavy atom. The maximum atomic E-state index is 13.0. The van der Waals surface area contributed by atoms with Gasteiger partial charge in [-0.3, -0.25) is 4.79 Å². The van der Waals surface area contributed by atoms with E-state index in [1.54, 1.807) is 0 Å². The highest BCUT2D eigenvalue weighted by molar-refractivity contribution is 6.09. The van der Waals surface area contributed by atoms with E-state index in [0.717, 1.165) is 12.8 Å². The lowest BCUT2D eigenvalue weighted by molar-refractivity contribution is -0.174. The zero-order valence-corrected chi connectivity index (χ0v) is 21.6. The van der Waals surface area contributed by atoms with E-state index in [4.69, 9.17) is 4.74 Å². The summed E-state index contributed by atoms with van der Waals surface area (Å²) in [4.78, 5) is 25.2. The van der Waals surface area contributed by atoms with Crippen molar-refractivity contribution in [3.8, 4) is 0 Å². The van der Waals surface area contributed by atoms with Gasteiger partial charge in [0.2, 0.25) is 5.60 Å². The molecular formula is C27H52O4. The normalized spacial score (nSPS) is 13.9. The molecule has 0 bridgehead atoms. The van der Waals surface area contributed by atoms with Gasteiger partial charge in [0.15, 0.2) is 5.78 Å². The summed E-state index contributed by atoms with van der Waals surface area (Å²) in [6.45, 7) is 9.72. The number of ketones is 1. The molecule has 0 aliphatic rings. The van der Waals surface area contributed by atoms with E-state index in [0.29, 0.717) is 6.42 Å². The van der Waals surface area contributed by atoms with Crippen molar-refractivity contribution in [1.29, 1.82) is 0 Å². The number of carbonyl (C=O) groups excluding carboxylic acids is 2. The number of hydrogen-bond donors (Lipinski definition) is 1. The maximum absolute atomic E-state index is 13.0. The van der Waals surface area contributed by atoms with E-state index in [1.165, 1.54) is 84.2 Å². The number of carbonyl (C=O) groups is 2. The fraction of sp³-hybridized carbons (Fsp3) is 0.926. The molecule has 0 aliphatic carbocycles. The van der Waals surface area contributed by atoms with Crippen LogP contribution in [-0.4, -0.2) is 29.6 Å². The lowest BCUT2D eigenvalue weighted by atomic mass is 9.72. The monoisotopic (exact) mass is 440 g/mol. The van der Waals surface area contributed by atoms with Crippen LogP contribution in [0.3, 0.4) is 0 Å². The van der Waals surface area contributed by atoms with E-state index < -0.39 is 22.8 Å². The van der Waals surface area contributed by atoms with Crippen LogP contribution in [0.4, 0.5) is 0 Å². The Morgan fingerprint density at radius 3 is 1.52 bits per heavy atom. The smallest absolute Gasteiger partial charge is 0.345 e. The van der Waals surface area contributed by atoms with E-state index in [9.17, 15) is 14.7 Å². The van der Waals surface area contributed by atoms with Gasteiger partial charge < -0.3 is 9.84 Å². The lowest BCUT2D eigenvalue weighted by Crippen LogP contribution is -2.53. The predicted molar refractivity (Wildman–Crippen MR) is 130 cm³/mol. The van der Waals surface area contributed by atoms with Gasteiger partial charge in [0, 0.05) is 5.41 Å². The molecular weight excluding hydrogens is 388 g/mol. The number of esters is 1. The van der Waals surface area contributed by atoms with Gasteiger partial charge in [-0.05, 0) is 18.8 Å². The summed E-state index contributed by atoms with van der Waals surface area (Å²) in [6.07, 6.45) is 18.9. The summed E-state index contributed by atoms with van der Waals surface area (Å²) in [5.41, 5.74) is -2.78. The Bertz CT molecular complexity index is 484. The van der Waals surface area contributed by atoms with Crippen molar-refractivity contribution in [2.45, 2.75) is 143 Å². The van der Waals surface area contributed by atoms with Crippen LogP contribution in [0.1, 0.15) is 137 Å². The van der Waals surface area contributed by atoms with Gasteiger partial charge in [0.05, 0.1) is 7.11 Å². The van der Waals surface area contributed by atoms with Crippen LogP contribution in [0.2, 0.25) is 0 Å². The second kappa shape index (κ2) is 16.7. The molecule has 0 radical (unpaired) electrons. The van der Waals surface area contributed by atoms with Gasteiger partial charge in [-0.1, -0.05) is 125 Å². The van der Waals surface area contributed by atoms with Crippen molar-refractivity contribution < 1.29 is 19.4 Å².